The number of aromatic nitrogens is 2. The maximum atomic E-state index is 7.26. The summed E-state index contributed by atoms with van der Waals surface area (Å²) in [6.45, 7) is -1.90. The van der Waals surface area contributed by atoms with E-state index in [9.17, 15) is 0 Å². The van der Waals surface area contributed by atoms with Crippen molar-refractivity contribution < 1.29 is 2.74 Å². The molecule has 0 spiro atoms. The molecule has 1 aromatic carbocycles. The minimum Gasteiger partial charge on any atom is -0.341 e. The Morgan fingerprint density at radius 1 is 1.38 bits per heavy atom. The Labute approximate surface area is 91.4 Å². The van der Waals surface area contributed by atoms with Gasteiger partial charge in [0.15, 0.2) is 0 Å². The molecule has 2 rings (SSSR count). The third-order valence-corrected chi connectivity index (χ3v) is 1.53. The van der Waals surface area contributed by atoms with Crippen molar-refractivity contribution in [2.24, 2.45) is 5.73 Å². The smallest absolute Gasteiger partial charge is 0.121 e. The monoisotopic (exact) mass is 221 g/mol. The molecule has 72 valence electrons. The number of imidazole rings is 1. The van der Waals surface area contributed by atoms with Gasteiger partial charge in [-0.25, -0.2) is 4.98 Å². The van der Waals surface area contributed by atoms with Crippen LogP contribution in [0.15, 0.2) is 24.3 Å². The van der Waals surface area contributed by atoms with Gasteiger partial charge in [-0.15, -0.1) is 24.8 Å². The predicted octanol–water partition coefficient (Wildman–Crippen LogP) is 1.87. The zero-order valence-electron chi connectivity index (χ0n) is 8.65. The molecule has 3 nitrogen and oxygen atoms in total. The lowest BCUT2D eigenvalue weighted by molar-refractivity contribution is 0.958. The minimum absolute atomic E-state index is 0. The van der Waals surface area contributed by atoms with E-state index in [2.05, 4.69) is 9.97 Å². The van der Waals surface area contributed by atoms with Gasteiger partial charge in [-0.1, -0.05) is 12.1 Å². The highest BCUT2D eigenvalue weighted by Gasteiger charge is 1.97. The van der Waals surface area contributed by atoms with Gasteiger partial charge in [0.2, 0.25) is 0 Å². The van der Waals surface area contributed by atoms with Crippen LogP contribution in [-0.2, 0) is 6.50 Å². The van der Waals surface area contributed by atoms with Gasteiger partial charge in [0, 0.05) is 0 Å². The van der Waals surface area contributed by atoms with Crippen LogP contribution in [0.25, 0.3) is 11.0 Å². The van der Waals surface area contributed by atoms with E-state index in [0.29, 0.717) is 0 Å². The molecule has 0 atom stereocenters. The van der Waals surface area contributed by atoms with Gasteiger partial charge in [-0.2, -0.15) is 0 Å². The van der Waals surface area contributed by atoms with E-state index >= 15 is 0 Å². The van der Waals surface area contributed by atoms with Crippen molar-refractivity contribution in [1.29, 1.82) is 0 Å². The number of H-pyrrole nitrogens is 1. The third-order valence-electron chi connectivity index (χ3n) is 1.53. The largest absolute Gasteiger partial charge is 0.341 e. The minimum atomic E-state index is -1.90. The van der Waals surface area contributed by atoms with E-state index in [1.54, 1.807) is 6.07 Å². The number of aromatic amines is 1. The molecule has 0 aliphatic heterocycles. The number of nitrogens with one attached hydrogen (secondary N) is 1. The molecule has 0 fully saturated rings. The Balaban J connectivity index is 0.000000980. The fourth-order valence-electron chi connectivity index (χ4n) is 1.02. The number of nitrogens with zero attached hydrogens (tertiary/aromatic N) is 1. The highest BCUT2D eigenvalue weighted by Crippen LogP contribution is 2.09. The number of hydrogen-bond acceptors (Lipinski definition) is 2. The Bertz CT molecular complexity index is 406. The molecule has 0 bridgehead atoms. The first kappa shape index (κ1) is 8.81. The van der Waals surface area contributed by atoms with E-state index in [4.69, 9.17) is 8.48 Å². The van der Waals surface area contributed by atoms with Crippen LogP contribution >= 0.6 is 24.8 Å². The van der Waals surface area contributed by atoms with Crippen LogP contribution in [0.4, 0.5) is 0 Å². The number of benzene rings is 1. The summed E-state index contributed by atoms with van der Waals surface area (Å²) in [4.78, 5) is 6.85. The second-order valence-electron chi connectivity index (χ2n) is 2.25. The van der Waals surface area contributed by atoms with Crippen molar-refractivity contribution in [2.75, 3.05) is 0 Å². The summed E-state index contributed by atoms with van der Waals surface area (Å²) in [5.41, 5.74) is 6.79. The van der Waals surface area contributed by atoms with Crippen molar-refractivity contribution >= 4 is 35.8 Å². The Kier molecular flexibility index (Phi) is 3.43. The van der Waals surface area contributed by atoms with Crippen molar-refractivity contribution in [3.05, 3.63) is 30.1 Å². The molecule has 0 saturated carbocycles. The molecule has 0 aliphatic carbocycles. The second-order valence-corrected chi connectivity index (χ2v) is 2.25. The Hall–Kier alpha value is -0.770. The Morgan fingerprint density at radius 3 is 2.69 bits per heavy atom. The third kappa shape index (κ3) is 2.34. The summed E-state index contributed by atoms with van der Waals surface area (Å²) in [6.07, 6.45) is 0. The van der Waals surface area contributed by atoms with E-state index in [1.165, 1.54) is 0 Å². The SMILES string of the molecule is Cl.Cl.[2H]C([2H])(N)c1nc2ccccc2[nH]1. The van der Waals surface area contributed by atoms with Crippen molar-refractivity contribution in [3.8, 4) is 0 Å². The van der Waals surface area contributed by atoms with Crippen LogP contribution < -0.4 is 5.73 Å². The van der Waals surface area contributed by atoms with E-state index in [0.717, 1.165) is 11.0 Å². The number of fused-ring (bicyclic) bond motifs is 1. The predicted molar refractivity (Wildman–Crippen MR) is 58.5 cm³/mol. The lowest BCUT2D eigenvalue weighted by Crippen LogP contribution is -1.97. The molecule has 0 radical (unpaired) electrons. The molecule has 1 heterocycles. The van der Waals surface area contributed by atoms with Crippen LogP contribution in [0.3, 0.4) is 0 Å². The van der Waals surface area contributed by atoms with Crippen LogP contribution in [0.1, 0.15) is 8.57 Å². The summed E-state index contributed by atoms with van der Waals surface area (Å²) in [6, 6.07) is 7.34. The van der Waals surface area contributed by atoms with Gasteiger partial charge in [0.05, 0.1) is 20.3 Å². The first-order valence-corrected chi connectivity index (χ1v) is 3.31. The summed E-state index contributed by atoms with van der Waals surface area (Å²) < 4.78 is 14.5. The zero-order valence-corrected chi connectivity index (χ0v) is 8.28. The average molecular weight is 222 g/mol. The van der Waals surface area contributed by atoms with E-state index in [-0.39, 0.29) is 30.6 Å². The van der Waals surface area contributed by atoms with Crippen molar-refractivity contribution in [1.82, 2.24) is 9.97 Å². The molecule has 0 unspecified atom stereocenters. The van der Waals surface area contributed by atoms with Gasteiger partial charge in [0.25, 0.3) is 0 Å². The molecule has 3 N–H and O–H groups in total. The van der Waals surface area contributed by atoms with Crippen LogP contribution in [0, 0.1) is 0 Å². The number of halogens is 2. The molecule has 5 heteroatoms. The van der Waals surface area contributed by atoms with Gasteiger partial charge >= 0.3 is 0 Å². The number of nitrogens with two attached hydrogens (primary N) is 1. The average Bonchev–Trinajstić information content (AvgIpc) is 2.45. The quantitative estimate of drug-likeness (QED) is 0.773. The van der Waals surface area contributed by atoms with E-state index in [1.807, 2.05) is 18.2 Å². The summed E-state index contributed by atoms with van der Waals surface area (Å²) in [7, 11) is 0. The van der Waals surface area contributed by atoms with Crippen LogP contribution in [-0.4, -0.2) is 9.97 Å². The molecule has 2 aromatic rings. The normalized spacial score (nSPS) is 12.4. The van der Waals surface area contributed by atoms with Gasteiger partial charge in [-0.05, 0) is 12.1 Å². The Morgan fingerprint density at radius 2 is 2.08 bits per heavy atom. The topological polar surface area (TPSA) is 54.7 Å². The van der Waals surface area contributed by atoms with Crippen LogP contribution in [0.5, 0.6) is 0 Å². The summed E-state index contributed by atoms with van der Waals surface area (Å²) in [5, 5.41) is 0. The maximum Gasteiger partial charge on any atom is 0.121 e. The molecular weight excluding hydrogens is 209 g/mol. The molecule has 1 aromatic heterocycles. The van der Waals surface area contributed by atoms with Crippen LogP contribution in [0.2, 0.25) is 0 Å². The van der Waals surface area contributed by atoms with Gasteiger partial charge in [0.1, 0.15) is 5.82 Å². The first-order chi connectivity index (χ1) is 6.07. The highest BCUT2D eigenvalue weighted by molar-refractivity contribution is 5.85. The fraction of sp³-hybridized carbons (Fsp3) is 0.125. The molecule has 0 aliphatic rings. The summed E-state index contributed by atoms with van der Waals surface area (Å²) >= 11 is 0. The van der Waals surface area contributed by atoms with Crippen molar-refractivity contribution in [3.63, 3.8) is 0 Å². The zero-order chi connectivity index (χ0) is 9.47. The fourth-order valence-corrected chi connectivity index (χ4v) is 1.02. The summed E-state index contributed by atoms with van der Waals surface area (Å²) in [5.74, 6) is 0.161. The molecule has 13 heavy (non-hydrogen) atoms. The lowest BCUT2D eigenvalue weighted by atomic mass is 10.3. The van der Waals surface area contributed by atoms with E-state index < -0.39 is 6.50 Å². The van der Waals surface area contributed by atoms with Gasteiger partial charge in [-0.3, -0.25) is 0 Å². The molecule has 0 saturated heterocycles. The molecule has 0 amide bonds. The maximum absolute atomic E-state index is 7.26. The molecular formula is C8H11Cl2N3. The standard InChI is InChI=1S/C8H9N3.2ClH/c9-5-8-10-6-3-1-2-4-7(6)11-8;;/h1-4H,5,9H2,(H,10,11);2*1H/i5D2;;. The number of para-hydroxylation sites is 2. The van der Waals surface area contributed by atoms with Gasteiger partial charge < -0.3 is 10.7 Å². The van der Waals surface area contributed by atoms with Crippen molar-refractivity contribution in [2.45, 2.75) is 6.50 Å². The first-order valence-electron chi connectivity index (χ1n) is 4.31. The second kappa shape index (κ2) is 5.07. The number of rotatable bonds is 1. The number of hydrogen-bond donors (Lipinski definition) is 2. The highest BCUT2D eigenvalue weighted by atomic mass is 35.5. The lowest BCUT2D eigenvalue weighted by Gasteiger charge is -1.82.